The minimum absolute atomic E-state index is 0.199. The van der Waals surface area contributed by atoms with E-state index in [1.807, 2.05) is 0 Å². The molecular formula is C11H14BrNO3. The molecule has 0 radical (unpaired) electrons. The number of aromatic hydroxyl groups is 1. The third kappa shape index (κ3) is 3.50. The number of ether oxygens (including phenoxy) is 1. The Bertz CT molecular complexity index is 381. The molecule has 0 amide bonds. The van der Waals surface area contributed by atoms with E-state index in [9.17, 15) is 9.90 Å². The van der Waals surface area contributed by atoms with Gasteiger partial charge in [0.05, 0.1) is 11.6 Å². The number of phenolic OH excluding ortho intramolecular Hbond substituents is 1. The molecule has 1 atom stereocenters. The number of esters is 1. The van der Waals surface area contributed by atoms with Gasteiger partial charge in [0.25, 0.3) is 0 Å². The van der Waals surface area contributed by atoms with Crippen LogP contribution in [-0.2, 0) is 16.1 Å². The molecule has 1 rings (SSSR count). The Morgan fingerprint density at radius 3 is 2.88 bits per heavy atom. The van der Waals surface area contributed by atoms with Crippen molar-refractivity contribution >= 4 is 21.9 Å². The smallest absolute Gasteiger partial charge is 0.322 e. The molecular weight excluding hydrogens is 274 g/mol. The van der Waals surface area contributed by atoms with E-state index in [0.717, 1.165) is 5.56 Å². The van der Waals surface area contributed by atoms with E-state index in [1.54, 1.807) is 25.1 Å². The van der Waals surface area contributed by atoms with Gasteiger partial charge in [0.2, 0.25) is 0 Å². The summed E-state index contributed by atoms with van der Waals surface area (Å²) in [6.07, 6.45) is 0. The number of methoxy groups -OCH3 is 1. The summed E-state index contributed by atoms with van der Waals surface area (Å²) in [7, 11) is 1.36. The van der Waals surface area contributed by atoms with Gasteiger partial charge in [-0.05, 0) is 40.5 Å². The summed E-state index contributed by atoms with van der Waals surface area (Å²) in [6.45, 7) is 2.27. The zero-order valence-electron chi connectivity index (χ0n) is 9.16. The molecule has 2 N–H and O–H groups in total. The molecule has 0 unspecified atom stereocenters. The molecule has 0 saturated carbocycles. The summed E-state index contributed by atoms with van der Waals surface area (Å²) in [5.74, 6) is -0.0948. The van der Waals surface area contributed by atoms with E-state index in [1.165, 1.54) is 7.11 Å². The van der Waals surface area contributed by atoms with Crippen LogP contribution in [0.3, 0.4) is 0 Å². The normalized spacial score (nSPS) is 12.2. The first-order valence-corrected chi connectivity index (χ1v) is 5.62. The lowest BCUT2D eigenvalue weighted by Gasteiger charge is -2.11. The van der Waals surface area contributed by atoms with E-state index >= 15 is 0 Å². The van der Waals surface area contributed by atoms with Crippen molar-refractivity contribution in [3.05, 3.63) is 28.2 Å². The number of hydrogen-bond acceptors (Lipinski definition) is 4. The number of phenols is 1. The summed E-state index contributed by atoms with van der Waals surface area (Å²) in [5.41, 5.74) is 0.973. The van der Waals surface area contributed by atoms with Crippen molar-refractivity contribution in [2.24, 2.45) is 0 Å². The van der Waals surface area contributed by atoms with Crippen molar-refractivity contribution in [3.8, 4) is 5.75 Å². The van der Waals surface area contributed by atoms with E-state index < -0.39 is 0 Å². The molecule has 4 nitrogen and oxygen atoms in total. The average Bonchev–Trinajstić information content (AvgIpc) is 2.29. The van der Waals surface area contributed by atoms with Crippen molar-refractivity contribution in [2.75, 3.05) is 7.11 Å². The molecule has 1 aromatic carbocycles. The molecule has 0 aliphatic carbocycles. The molecule has 1 aromatic rings. The predicted molar refractivity (Wildman–Crippen MR) is 64.1 cm³/mol. The van der Waals surface area contributed by atoms with Gasteiger partial charge in [-0.15, -0.1) is 0 Å². The maximum atomic E-state index is 11.1. The number of rotatable bonds is 4. The van der Waals surface area contributed by atoms with Crippen LogP contribution in [0.5, 0.6) is 5.75 Å². The van der Waals surface area contributed by atoms with Crippen molar-refractivity contribution in [2.45, 2.75) is 19.5 Å². The SMILES string of the molecule is COC(=O)[C@H](C)NCc1ccc(O)c(Br)c1. The lowest BCUT2D eigenvalue weighted by Crippen LogP contribution is -2.34. The summed E-state index contributed by atoms with van der Waals surface area (Å²) < 4.78 is 5.23. The summed E-state index contributed by atoms with van der Waals surface area (Å²) in [4.78, 5) is 11.1. The standard InChI is InChI=1S/C11H14BrNO3/c1-7(11(15)16-2)13-6-8-3-4-10(14)9(12)5-8/h3-5,7,13-14H,6H2,1-2H3/t7-/m0/s1. The Morgan fingerprint density at radius 2 is 2.31 bits per heavy atom. The van der Waals surface area contributed by atoms with Gasteiger partial charge in [0, 0.05) is 6.54 Å². The van der Waals surface area contributed by atoms with Crippen LogP contribution in [0.2, 0.25) is 0 Å². The number of nitrogens with one attached hydrogen (secondary N) is 1. The van der Waals surface area contributed by atoms with Crippen molar-refractivity contribution < 1.29 is 14.6 Å². The molecule has 5 heteroatoms. The highest BCUT2D eigenvalue weighted by molar-refractivity contribution is 9.10. The van der Waals surface area contributed by atoms with E-state index in [0.29, 0.717) is 11.0 Å². The van der Waals surface area contributed by atoms with Crippen LogP contribution in [0.25, 0.3) is 0 Å². The average molecular weight is 288 g/mol. The number of carbonyl (C=O) groups excluding carboxylic acids is 1. The second kappa shape index (κ2) is 5.86. The third-order valence-electron chi connectivity index (χ3n) is 2.18. The van der Waals surface area contributed by atoms with Gasteiger partial charge in [0.1, 0.15) is 11.8 Å². The predicted octanol–water partition coefficient (Wildman–Crippen LogP) is 1.81. The van der Waals surface area contributed by atoms with Crippen molar-refractivity contribution in [3.63, 3.8) is 0 Å². The molecule has 0 aromatic heterocycles. The Morgan fingerprint density at radius 1 is 1.62 bits per heavy atom. The molecule has 0 aliphatic rings. The van der Waals surface area contributed by atoms with Gasteiger partial charge in [-0.3, -0.25) is 4.79 Å². The number of carbonyl (C=O) groups is 1. The Hall–Kier alpha value is -1.07. The van der Waals surface area contributed by atoms with Gasteiger partial charge in [-0.1, -0.05) is 6.07 Å². The number of benzene rings is 1. The molecule has 0 aliphatic heterocycles. The quantitative estimate of drug-likeness (QED) is 0.830. The van der Waals surface area contributed by atoms with Crippen LogP contribution in [0, 0.1) is 0 Å². The van der Waals surface area contributed by atoms with Crippen molar-refractivity contribution in [1.29, 1.82) is 0 Å². The zero-order valence-corrected chi connectivity index (χ0v) is 10.7. The summed E-state index contributed by atoms with van der Waals surface area (Å²) in [6, 6.07) is 4.84. The maximum Gasteiger partial charge on any atom is 0.322 e. The van der Waals surface area contributed by atoms with Gasteiger partial charge in [-0.25, -0.2) is 0 Å². The van der Waals surface area contributed by atoms with Crippen LogP contribution in [0.1, 0.15) is 12.5 Å². The topological polar surface area (TPSA) is 58.6 Å². The molecule has 0 heterocycles. The van der Waals surface area contributed by atoms with Crippen LogP contribution in [0.15, 0.2) is 22.7 Å². The minimum atomic E-state index is -0.349. The van der Waals surface area contributed by atoms with E-state index in [4.69, 9.17) is 0 Å². The first-order valence-electron chi connectivity index (χ1n) is 4.83. The Labute approximate surface area is 103 Å². The van der Waals surface area contributed by atoms with Gasteiger partial charge >= 0.3 is 5.97 Å². The van der Waals surface area contributed by atoms with Crippen LogP contribution < -0.4 is 5.32 Å². The van der Waals surface area contributed by atoms with E-state index in [-0.39, 0.29) is 17.8 Å². The van der Waals surface area contributed by atoms with Crippen molar-refractivity contribution in [1.82, 2.24) is 5.32 Å². The lowest BCUT2D eigenvalue weighted by atomic mass is 10.2. The lowest BCUT2D eigenvalue weighted by molar-refractivity contribution is -0.142. The summed E-state index contributed by atoms with van der Waals surface area (Å²) in [5, 5.41) is 12.3. The van der Waals surface area contributed by atoms with Gasteiger partial charge in [0.15, 0.2) is 0 Å². The third-order valence-corrected chi connectivity index (χ3v) is 2.81. The highest BCUT2D eigenvalue weighted by Gasteiger charge is 2.11. The zero-order chi connectivity index (χ0) is 12.1. The second-order valence-corrected chi connectivity index (χ2v) is 4.27. The van der Waals surface area contributed by atoms with Crippen LogP contribution >= 0.6 is 15.9 Å². The monoisotopic (exact) mass is 287 g/mol. The van der Waals surface area contributed by atoms with Crippen LogP contribution in [0.4, 0.5) is 0 Å². The second-order valence-electron chi connectivity index (χ2n) is 3.41. The van der Waals surface area contributed by atoms with Crippen LogP contribution in [-0.4, -0.2) is 24.2 Å². The van der Waals surface area contributed by atoms with E-state index in [2.05, 4.69) is 26.0 Å². The maximum absolute atomic E-state index is 11.1. The fourth-order valence-corrected chi connectivity index (χ4v) is 1.62. The number of hydrogen-bond donors (Lipinski definition) is 2. The molecule has 0 spiro atoms. The Balaban J connectivity index is 2.55. The van der Waals surface area contributed by atoms with Gasteiger partial charge in [-0.2, -0.15) is 0 Å². The first kappa shape index (κ1) is 13.0. The minimum Gasteiger partial charge on any atom is -0.507 e. The fraction of sp³-hybridized carbons (Fsp3) is 0.364. The Kier molecular flexibility index (Phi) is 4.76. The molecule has 88 valence electrons. The number of halogens is 1. The fourth-order valence-electron chi connectivity index (χ4n) is 1.19. The summed E-state index contributed by atoms with van der Waals surface area (Å²) >= 11 is 3.23. The molecule has 0 bridgehead atoms. The molecule has 0 saturated heterocycles. The van der Waals surface area contributed by atoms with Gasteiger partial charge < -0.3 is 15.2 Å². The largest absolute Gasteiger partial charge is 0.507 e. The molecule has 16 heavy (non-hydrogen) atoms. The highest BCUT2D eigenvalue weighted by atomic mass is 79.9. The highest BCUT2D eigenvalue weighted by Crippen LogP contribution is 2.24. The first-order chi connectivity index (χ1) is 7.54. The molecule has 0 fully saturated rings.